The van der Waals surface area contributed by atoms with Gasteiger partial charge >= 0.3 is 0 Å². The Morgan fingerprint density at radius 3 is 2.34 bits per heavy atom. The Morgan fingerprint density at radius 1 is 0.966 bits per heavy atom. The van der Waals surface area contributed by atoms with Crippen molar-refractivity contribution < 1.29 is 19.1 Å². The zero-order valence-corrected chi connectivity index (χ0v) is 16.9. The highest BCUT2D eigenvalue weighted by Crippen LogP contribution is 2.29. The third-order valence-corrected chi connectivity index (χ3v) is 4.97. The van der Waals surface area contributed by atoms with Crippen LogP contribution < -0.4 is 14.8 Å². The molecule has 0 spiro atoms. The molecule has 2 aromatic rings. The molecule has 0 radical (unpaired) electrons. The maximum Gasteiger partial charge on any atom is 0.233 e. The summed E-state index contributed by atoms with van der Waals surface area (Å²) in [6.07, 6.45) is -0.187. The number of amides is 2. The maximum absolute atomic E-state index is 12.5. The van der Waals surface area contributed by atoms with Crippen molar-refractivity contribution in [1.29, 1.82) is 0 Å². The maximum atomic E-state index is 12.5. The van der Waals surface area contributed by atoms with Crippen molar-refractivity contribution in [1.82, 2.24) is 9.80 Å². The average Bonchev–Trinajstić information content (AvgIpc) is 2.75. The number of nitrogens with one attached hydrogen (secondary N) is 1. The van der Waals surface area contributed by atoms with Gasteiger partial charge in [0.1, 0.15) is 17.9 Å². The lowest BCUT2D eigenvalue weighted by Crippen LogP contribution is -2.48. The van der Waals surface area contributed by atoms with Gasteiger partial charge in [0.05, 0.1) is 19.9 Å². The standard InChI is InChI=1S/C22H27N3O4/c1-28-18-8-9-19(20(14-18)29-2)23-21(26)15-22(27)25-12-10-24(11-13-25)16-17-6-4-3-5-7-17/h3-9,14H,10-13,15-16H2,1-2H3,(H,23,26). The van der Waals surface area contributed by atoms with Crippen molar-refractivity contribution in [2.45, 2.75) is 13.0 Å². The molecule has 2 aromatic carbocycles. The molecule has 1 aliphatic heterocycles. The van der Waals surface area contributed by atoms with E-state index in [1.165, 1.54) is 12.7 Å². The monoisotopic (exact) mass is 397 g/mol. The lowest BCUT2D eigenvalue weighted by molar-refractivity contribution is -0.136. The minimum absolute atomic E-state index is 0.158. The van der Waals surface area contributed by atoms with E-state index in [4.69, 9.17) is 9.47 Å². The third kappa shape index (κ3) is 5.71. The van der Waals surface area contributed by atoms with Crippen LogP contribution in [0.15, 0.2) is 48.5 Å². The van der Waals surface area contributed by atoms with E-state index in [1.807, 2.05) is 18.2 Å². The van der Waals surface area contributed by atoms with Gasteiger partial charge in [0, 0.05) is 38.8 Å². The molecule has 0 aliphatic carbocycles. The molecule has 1 saturated heterocycles. The number of carbonyl (C=O) groups is 2. The fraction of sp³-hybridized carbons (Fsp3) is 0.364. The average molecular weight is 397 g/mol. The van der Waals surface area contributed by atoms with Crippen LogP contribution in [0.2, 0.25) is 0 Å². The first-order chi connectivity index (χ1) is 14.1. The Kier molecular flexibility index (Phi) is 7.08. The molecule has 7 heteroatoms. The molecule has 1 aliphatic rings. The lowest BCUT2D eigenvalue weighted by atomic mass is 10.2. The van der Waals surface area contributed by atoms with Crippen LogP contribution in [0.1, 0.15) is 12.0 Å². The van der Waals surface area contributed by atoms with E-state index in [1.54, 1.807) is 30.2 Å². The number of nitrogens with zero attached hydrogens (tertiary/aromatic N) is 2. The summed E-state index contributed by atoms with van der Waals surface area (Å²) in [4.78, 5) is 28.9. The number of ether oxygens (including phenoxy) is 2. The number of hydrogen-bond donors (Lipinski definition) is 1. The minimum Gasteiger partial charge on any atom is -0.497 e. The van der Waals surface area contributed by atoms with Crippen LogP contribution in [0.4, 0.5) is 5.69 Å². The molecule has 0 aromatic heterocycles. The quantitative estimate of drug-likeness (QED) is 0.727. The zero-order valence-electron chi connectivity index (χ0n) is 16.9. The number of carbonyl (C=O) groups excluding carboxylic acids is 2. The highest BCUT2D eigenvalue weighted by molar-refractivity contribution is 6.04. The molecule has 2 amide bonds. The summed E-state index contributed by atoms with van der Waals surface area (Å²) < 4.78 is 10.4. The molecule has 1 fully saturated rings. The van der Waals surface area contributed by atoms with Crippen LogP contribution in [-0.4, -0.2) is 62.0 Å². The highest BCUT2D eigenvalue weighted by Gasteiger charge is 2.23. The number of hydrogen-bond acceptors (Lipinski definition) is 5. The molecule has 1 heterocycles. The second kappa shape index (κ2) is 9.93. The topological polar surface area (TPSA) is 71.1 Å². The largest absolute Gasteiger partial charge is 0.497 e. The smallest absolute Gasteiger partial charge is 0.233 e. The van der Waals surface area contributed by atoms with Gasteiger partial charge in [-0.25, -0.2) is 0 Å². The van der Waals surface area contributed by atoms with Crippen LogP contribution in [0.3, 0.4) is 0 Å². The van der Waals surface area contributed by atoms with Crippen molar-refractivity contribution in [3.63, 3.8) is 0 Å². The van der Waals surface area contributed by atoms with Crippen molar-refractivity contribution in [2.24, 2.45) is 0 Å². The van der Waals surface area contributed by atoms with Crippen molar-refractivity contribution in [2.75, 3.05) is 45.7 Å². The molecular formula is C22H27N3O4. The first kappa shape index (κ1) is 20.7. The predicted molar refractivity (Wildman–Crippen MR) is 111 cm³/mol. The summed E-state index contributed by atoms with van der Waals surface area (Å²) in [5.74, 6) is 0.600. The second-order valence-electron chi connectivity index (χ2n) is 6.93. The molecule has 29 heavy (non-hydrogen) atoms. The zero-order chi connectivity index (χ0) is 20.6. The van der Waals surface area contributed by atoms with Gasteiger partial charge in [-0.1, -0.05) is 30.3 Å². The van der Waals surface area contributed by atoms with Gasteiger partial charge in [-0.05, 0) is 17.7 Å². The fourth-order valence-corrected chi connectivity index (χ4v) is 3.34. The van der Waals surface area contributed by atoms with E-state index in [0.29, 0.717) is 30.3 Å². The SMILES string of the molecule is COc1ccc(NC(=O)CC(=O)N2CCN(Cc3ccccc3)CC2)c(OC)c1. The summed E-state index contributed by atoms with van der Waals surface area (Å²) in [5.41, 5.74) is 1.78. The number of rotatable bonds is 7. The molecule has 154 valence electrons. The van der Waals surface area contributed by atoms with Crippen LogP contribution in [0, 0.1) is 0 Å². The van der Waals surface area contributed by atoms with E-state index in [0.717, 1.165) is 19.6 Å². The van der Waals surface area contributed by atoms with Gasteiger partial charge in [-0.2, -0.15) is 0 Å². The minimum atomic E-state index is -0.356. The Morgan fingerprint density at radius 2 is 1.69 bits per heavy atom. The third-order valence-electron chi connectivity index (χ3n) is 4.97. The van der Waals surface area contributed by atoms with Gasteiger partial charge in [-0.3, -0.25) is 14.5 Å². The number of benzene rings is 2. The summed E-state index contributed by atoms with van der Waals surface area (Å²) >= 11 is 0. The molecule has 0 unspecified atom stereocenters. The normalized spacial score (nSPS) is 14.3. The number of anilines is 1. The summed E-state index contributed by atoms with van der Waals surface area (Å²) in [6, 6.07) is 15.4. The van der Waals surface area contributed by atoms with Gasteiger partial charge in [0.25, 0.3) is 0 Å². The van der Waals surface area contributed by atoms with Gasteiger partial charge in [0.15, 0.2) is 0 Å². The Labute approximate surface area is 171 Å². The van der Waals surface area contributed by atoms with E-state index in [9.17, 15) is 9.59 Å². The molecule has 0 atom stereocenters. The lowest BCUT2D eigenvalue weighted by Gasteiger charge is -2.34. The molecule has 0 saturated carbocycles. The van der Waals surface area contributed by atoms with Gasteiger partial charge in [-0.15, -0.1) is 0 Å². The molecule has 3 rings (SSSR count). The number of methoxy groups -OCH3 is 2. The van der Waals surface area contributed by atoms with Crippen LogP contribution in [-0.2, 0) is 16.1 Å². The van der Waals surface area contributed by atoms with Gasteiger partial charge in [0.2, 0.25) is 11.8 Å². The Hall–Kier alpha value is -3.06. The first-order valence-corrected chi connectivity index (χ1v) is 9.65. The molecule has 7 nitrogen and oxygen atoms in total. The van der Waals surface area contributed by atoms with Gasteiger partial charge < -0.3 is 19.7 Å². The van der Waals surface area contributed by atoms with E-state index in [2.05, 4.69) is 22.3 Å². The highest BCUT2D eigenvalue weighted by atomic mass is 16.5. The second-order valence-corrected chi connectivity index (χ2v) is 6.93. The number of piperazine rings is 1. The van der Waals surface area contributed by atoms with Crippen LogP contribution in [0.25, 0.3) is 0 Å². The van der Waals surface area contributed by atoms with Crippen LogP contribution >= 0.6 is 0 Å². The molecule has 0 bridgehead atoms. The van der Waals surface area contributed by atoms with Crippen molar-refractivity contribution >= 4 is 17.5 Å². The van der Waals surface area contributed by atoms with E-state index in [-0.39, 0.29) is 18.2 Å². The van der Waals surface area contributed by atoms with Crippen molar-refractivity contribution in [3.05, 3.63) is 54.1 Å². The Bertz CT molecular complexity index is 833. The summed E-state index contributed by atoms with van der Waals surface area (Å²) in [6.45, 7) is 3.74. The summed E-state index contributed by atoms with van der Waals surface area (Å²) in [5, 5.41) is 2.75. The van der Waals surface area contributed by atoms with Crippen molar-refractivity contribution in [3.8, 4) is 11.5 Å². The first-order valence-electron chi connectivity index (χ1n) is 9.65. The summed E-state index contributed by atoms with van der Waals surface area (Å²) in [7, 11) is 3.08. The van der Waals surface area contributed by atoms with Crippen LogP contribution in [0.5, 0.6) is 11.5 Å². The van der Waals surface area contributed by atoms with E-state index < -0.39 is 0 Å². The predicted octanol–water partition coefficient (Wildman–Crippen LogP) is 2.38. The van der Waals surface area contributed by atoms with E-state index >= 15 is 0 Å². The molecular weight excluding hydrogens is 370 g/mol. The molecule has 1 N–H and O–H groups in total. The fourth-order valence-electron chi connectivity index (χ4n) is 3.34. The Balaban J connectivity index is 1.47.